The van der Waals surface area contributed by atoms with E-state index in [1.165, 1.54) is 0 Å². The lowest BCUT2D eigenvalue weighted by atomic mass is 10.0. The Labute approximate surface area is 109 Å². The van der Waals surface area contributed by atoms with Crippen LogP contribution in [0.3, 0.4) is 0 Å². The minimum atomic E-state index is -0.932. The molecule has 5 nitrogen and oxygen atoms in total. The van der Waals surface area contributed by atoms with Gasteiger partial charge in [-0.1, -0.05) is 0 Å². The molecule has 19 heavy (non-hydrogen) atoms. The summed E-state index contributed by atoms with van der Waals surface area (Å²) in [5, 5.41) is 8.99. The number of benzene rings is 1. The quantitative estimate of drug-likeness (QED) is 0.912. The summed E-state index contributed by atoms with van der Waals surface area (Å²) < 4.78 is 7.57. The van der Waals surface area contributed by atoms with Gasteiger partial charge in [-0.2, -0.15) is 0 Å². The van der Waals surface area contributed by atoms with Gasteiger partial charge in [0.25, 0.3) is 0 Å². The molecule has 0 amide bonds. The van der Waals surface area contributed by atoms with E-state index < -0.39 is 5.97 Å². The number of carbonyl (C=O) groups is 1. The van der Waals surface area contributed by atoms with Crippen molar-refractivity contribution in [3.05, 3.63) is 53.6 Å². The predicted octanol–water partition coefficient (Wildman–Crippen LogP) is 2.06. The summed E-state index contributed by atoms with van der Waals surface area (Å²) in [6.45, 7) is 1.20. The second-order valence-electron chi connectivity index (χ2n) is 4.38. The monoisotopic (exact) mass is 256 g/mol. The van der Waals surface area contributed by atoms with E-state index >= 15 is 0 Å². The molecule has 2 heterocycles. The Morgan fingerprint density at radius 3 is 3.11 bits per heavy atom. The Balaban J connectivity index is 1.90. The summed E-state index contributed by atoms with van der Waals surface area (Å²) in [7, 11) is 0. The Morgan fingerprint density at radius 2 is 2.37 bits per heavy atom. The van der Waals surface area contributed by atoms with E-state index in [1.807, 2.05) is 16.8 Å². The first-order valence-electron chi connectivity index (χ1n) is 5.88. The second kappa shape index (κ2) is 4.61. The summed E-state index contributed by atoms with van der Waals surface area (Å²) >= 11 is 0. The fourth-order valence-electron chi connectivity index (χ4n) is 2.06. The van der Waals surface area contributed by atoms with Crippen molar-refractivity contribution in [3.63, 3.8) is 0 Å². The molecule has 0 fully saturated rings. The Hall–Kier alpha value is -2.56. The molecule has 0 saturated carbocycles. The van der Waals surface area contributed by atoms with Crippen LogP contribution in [-0.2, 0) is 6.54 Å². The van der Waals surface area contributed by atoms with Crippen LogP contribution in [0, 0.1) is 0 Å². The molecule has 0 unspecified atom stereocenters. The number of fused-ring (bicyclic) bond motifs is 1. The first-order chi connectivity index (χ1) is 9.22. The Kier molecular flexibility index (Phi) is 2.79. The third-order valence-corrected chi connectivity index (χ3v) is 2.97. The summed E-state index contributed by atoms with van der Waals surface area (Å²) in [4.78, 5) is 14.9. The fourth-order valence-corrected chi connectivity index (χ4v) is 2.06. The molecule has 2 aromatic rings. The van der Waals surface area contributed by atoms with Crippen LogP contribution in [0.2, 0.25) is 0 Å². The maximum Gasteiger partial charge on any atom is 0.335 e. The van der Waals surface area contributed by atoms with Crippen LogP contribution in [0.1, 0.15) is 15.9 Å². The molecule has 3 rings (SSSR count). The summed E-state index contributed by atoms with van der Waals surface area (Å²) in [5.41, 5.74) is 2.15. The van der Waals surface area contributed by atoms with Crippen LogP contribution in [-0.4, -0.2) is 27.2 Å². The van der Waals surface area contributed by atoms with Gasteiger partial charge in [0.2, 0.25) is 0 Å². The van der Waals surface area contributed by atoms with Crippen molar-refractivity contribution in [1.82, 2.24) is 9.55 Å². The van der Waals surface area contributed by atoms with Gasteiger partial charge in [0.05, 0.1) is 11.9 Å². The van der Waals surface area contributed by atoms with E-state index in [0.717, 1.165) is 16.9 Å². The molecule has 0 radical (unpaired) electrons. The van der Waals surface area contributed by atoms with Gasteiger partial charge in [0.1, 0.15) is 12.4 Å². The van der Waals surface area contributed by atoms with E-state index in [2.05, 4.69) is 4.98 Å². The smallest absolute Gasteiger partial charge is 0.335 e. The normalized spacial score (nSPS) is 13.4. The minimum absolute atomic E-state index is 0.266. The molecule has 1 aliphatic rings. The number of ether oxygens (including phenoxy) is 1. The zero-order chi connectivity index (χ0) is 13.2. The van der Waals surface area contributed by atoms with Crippen molar-refractivity contribution >= 4 is 12.0 Å². The highest BCUT2D eigenvalue weighted by Crippen LogP contribution is 2.27. The number of rotatable bonds is 3. The predicted molar refractivity (Wildman–Crippen MR) is 69.1 cm³/mol. The maximum absolute atomic E-state index is 11.0. The number of nitrogens with zero attached hydrogens (tertiary/aromatic N) is 2. The van der Waals surface area contributed by atoms with Gasteiger partial charge < -0.3 is 14.4 Å². The lowest BCUT2D eigenvalue weighted by molar-refractivity contribution is 0.0697. The molecule has 0 saturated heterocycles. The van der Waals surface area contributed by atoms with Gasteiger partial charge in [0.15, 0.2) is 0 Å². The number of aromatic carboxylic acids is 1. The highest BCUT2D eigenvalue weighted by molar-refractivity contribution is 5.89. The second-order valence-corrected chi connectivity index (χ2v) is 4.38. The third kappa shape index (κ3) is 2.35. The lowest BCUT2D eigenvalue weighted by Crippen LogP contribution is -2.12. The molecule has 0 spiro atoms. The topological polar surface area (TPSA) is 64.3 Å². The molecular formula is C14H12N2O3. The molecule has 1 aromatic heterocycles. The van der Waals surface area contributed by atoms with Crippen molar-refractivity contribution in [1.29, 1.82) is 0 Å². The Morgan fingerprint density at radius 1 is 1.47 bits per heavy atom. The van der Waals surface area contributed by atoms with Gasteiger partial charge >= 0.3 is 5.97 Å². The molecule has 0 bridgehead atoms. The molecule has 1 aromatic carbocycles. The van der Waals surface area contributed by atoms with E-state index in [0.29, 0.717) is 13.2 Å². The lowest BCUT2D eigenvalue weighted by Gasteiger charge is -2.18. The number of hydrogen-bond donors (Lipinski definition) is 1. The average molecular weight is 256 g/mol. The molecule has 96 valence electrons. The Bertz CT molecular complexity index is 645. The molecule has 5 heteroatoms. The van der Waals surface area contributed by atoms with Crippen LogP contribution in [0.25, 0.3) is 6.08 Å². The van der Waals surface area contributed by atoms with E-state index in [4.69, 9.17) is 9.84 Å². The van der Waals surface area contributed by atoms with E-state index in [9.17, 15) is 4.79 Å². The average Bonchev–Trinajstić information content (AvgIpc) is 2.90. The largest absolute Gasteiger partial charge is 0.489 e. The van der Waals surface area contributed by atoms with Crippen LogP contribution in [0.5, 0.6) is 5.75 Å². The minimum Gasteiger partial charge on any atom is -0.489 e. The van der Waals surface area contributed by atoms with Crippen molar-refractivity contribution in [2.75, 3.05) is 6.61 Å². The van der Waals surface area contributed by atoms with Crippen molar-refractivity contribution < 1.29 is 14.6 Å². The summed E-state index contributed by atoms with van der Waals surface area (Å²) in [5.74, 6) is -0.211. The molecule has 0 atom stereocenters. The van der Waals surface area contributed by atoms with Crippen LogP contribution in [0.4, 0.5) is 0 Å². The zero-order valence-corrected chi connectivity index (χ0v) is 10.1. The van der Waals surface area contributed by atoms with Crippen LogP contribution in [0.15, 0.2) is 42.5 Å². The number of carboxylic acids is 1. The van der Waals surface area contributed by atoms with Crippen molar-refractivity contribution in [2.45, 2.75) is 6.54 Å². The number of hydrogen-bond acceptors (Lipinski definition) is 3. The van der Waals surface area contributed by atoms with Gasteiger partial charge in [-0.25, -0.2) is 9.78 Å². The zero-order valence-electron chi connectivity index (χ0n) is 10.1. The SMILES string of the molecule is O=C(O)c1ccc2c(c1)C=C(Cn1ccnc1)CO2. The fraction of sp³-hybridized carbons (Fsp3) is 0.143. The van der Waals surface area contributed by atoms with Crippen molar-refractivity contribution in [3.8, 4) is 5.75 Å². The highest BCUT2D eigenvalue weighted by atomic mass is 16.5. The first kappa shape index (κ1) is 11.5. The van der Waals surface area contributed by atoms with Gasteiger partial charge in [-0.05, 0) is 29.8 Å². The van der Waals surface area contributed by atoms with E-state index in [1.54, 1.807) is 30.7 Å². The number of carboxylic acid groups (broad SMARTS) is 1. The van der Waals surface area contributed by atoms with Gasteiger partial charge in [0, 0.05) is 24.5 Å². The molecule has 0 aliphatic carbocycles. The molecular weight excluding hydrogens is 244 g/mol. The molecule has 1 N–H and O–H groups in total. The number of aromatic nitrogens is 2. The van der Waals surface area contributed by atoms with Gasteiger partial charge in [-0.3, -0.25) is 0 Å². The highest BCUT2D eigenvalue weighted by Gasteiger charge is 2.14. The van der Waals surface area contributed by atoms with Gasteiger partial charge in [-0.15, -0.1) is 0 Å². The van der Waals surface area contributed by atoms with Crippen LogP contribution < -0.4 is 4.74 Å². The number of imidazole rings is 1. The van der Waals surface area contributed by atoms with Crippen molar-refractivity contribution in [2.24, 2.45) is 0 Å². The standard InChI is InChI=1S/C14H12N2O3/c17-14(18)11-1-2-13-12(6-11)5-10(8-19-13)7-16-4-3-15-9-16/h1-6,9H,7-8H2,(H,17,18). The summed E-state index contributed by atoms with van der Waals surface area (Å²) in [6.07, 6.45) is 7.32. The van der Waals surface area contributed by atoms with E-state index in [-0.39, 0.29) is 5.56 Å². The van der Waals surface area contributed by atoms with Crippen LogP contribution >= 0.6 is 0 Å². The first-order valence-corrected chi connectivity index (χ1v) is 5.88. The third-order valence-electron chi connectivity index (χ3n) is 2.97. The molecule has 1 aliphatic heterocycles. The summed E-state index contributed by atoms with van der Waals surface area (Å²) in [6, 6.07) is 4.88. The maximum atomic E-state index is 11.0.